The van der Waals surface area contributed by atoms with Crippen LogP contribution >= 0.6 is 15.6 Å². The SMILES string of the molecule is CCCCC[C@@H](O)/C=C/C=C\C=C\C=C\[C@@H](O)[C@H](O)CCCC(=O)OC[C@H](COP(=O)(O)OP(=O)(O)OC[C@H]1O[C@@H](n2ccc(N)nc2=O)[C@H](O)[C@@H]1O)OC(=O)CCCCCCCCCC(C)C. The second-order valence-electron chi connectivity index (χ2n) is 17.0. The van der Waals surface area contributed by atoms with Crippen molar-refractivity contribution >= 4 is 33.4 Å². The predicted octanol–water partition coefficient (Wildman–Crippen LogP) is 5.38. The van der Waals surface area contributed by atoms with Gasteiger partial charge in [0.25, 0.3) is 0 Å². The summed E-state index contributed by atoms with van der Waals surface area (Å²) in [6.07, 6.45) is 14.7. The number of ether oxygens (including phenoxy) is 3. The van der Waals surface area contributed by atoms with Gasteiger partial charge in [0, 0.05) is 19.0 Å². The summed E-state index contributed by atoms with van der Waals surface area (Å²) < 4.78 is 56.3. The Balaban J connectivity index is 1.90. The molecule has 0 aromatic carbocycles. The fourth-order valence-corrected chi connectivity index (χ4v) is 8.76. The minimum atomic E-state index is -5.49. The van der Waals surface area contributed by atoms with Gasteiger partial charge in [0.1, 0.15) is 30.7 Å². The van der Waals surface area contributed by atoms with Gasteiger partial charge in [-0.1, -0.05) is 134 Å². The molecule has 9 N–H and O–H groups in total. The number of unbranched alkanes of at least 4 members (excludes halogenated alkanes) is 8. The summed E-state index contributed by atoms with van der Waals surface area (Å²) in [5.41, 5.74) is 4.54. The van der Waals surface area contributed by atoms with Crippen molar-refractivity contribution in [2.75, 3.05) is 25.6 Å². The molecule has 10 atom stereocenters. The number of hydrogen-bond donors (Lipinski definition) is 8. The van der Waals surface area contributed by atoms with E-state index in [0.717, 1.165) is 68.6 Å². The van der Waals surface area contributed by atoms with E-state index < -0.39 is 102 Å². The van der Waals surface area contributed by atoms with Crippen molar-refractivity contribution in [3.63, 3.8) is 0 Å². The monoisotopic (exact) mass is 1010 g/mol. The van der Waals surface area contributed by atoms with Gasteiger partial charge >= 0.3 is 33.3 Å². The van der Waals surface area contributed by atoms with E-state index in [9.17, 15) is 58.8 Å². The van der Waals surface area contributed by atoms with Gasteiger partial charge in [-0.05, 0) is 37.7 Å². The molecule has 2 unspecified atom stereocenters. The molecular weight excluding hydrogens is 932 g/mol. The van der Waals surface area contributed by atoms with Crippen LogP contribution in [0.15, 0.2) is 65.7 Å². The van der Waals surface area contributed by atoms with Crippen molar-refractivity contribution in [2.45, 2.75) is 172 Å². The summed E-state index contributed by atoms with van der Waals surface area (Å²) in [6, 6.07) is 1.22. The highest BCUT2D eigenvalue weighted by Crippen LogP contribution is 2.60. The molecule has 1 aromatic heterocycles. The smallest absolute Gasteiger partial charge is 0.462 e. The third-order valence-corrected chi connectivity index (χ3v) is 13.1. The van der Waals surface area contributed by atoms with Crippen molar-refractivity contribution in [3.05, 3.63) is 71.4 Å². The van der Waals surface area contributed by atoms with Crippen LogP contribution in [0.4, 0.5) is 5.82 Å². The summed E-state index contributed by atoms with van der Waals surface area (Å²) >= 11 is 0. The number of anilines is 1. The zero-order chi connectivity index (χ0) is 50.5. The van der Waals surface area contributed by atoms with Gasteiger partial charge in [-0.15, -0.1) is 0 Å². The Morgan fingerprint density at radius 2 is 1.40 bits per heavy atom. The normalized spacial score (nSPS) is 21.4. The molecule has 2 rings (SSSR count). The van der Waals surface area contributed by atoms with E-state index in [1.54, 1.807) is 42.5 Å². The molecule has 0 radical (unpaired) electrons. The minimum absolute atomic E-state index is 0.0104. The van der Waals surface area contributed by atoms with Crippen LogP contribution in [0.3, 0.4) is 0 Å². The Kier molecular flexibility index (Phi) is 29.7. The molecule has 23 heteroatoms. The quantitative estimate of drug-likeness (QED) is 0.0181. The lowest BCUT2D eigenvalue weighted by atomic mass is 10.0. The lowest BCUT2D eigenvalue weighted by Gasteiger charge is -2.21. The number of hydrogen-bond acceptors (Lipinski definition) is 18. The predicted molar refractivity (Wildman–Crippen MR) is 251 cm³/mol. The van der Waals surface area contributed by atoms with Crippen LogP contribution in [-0.2, 0) is 46.3 Å². The second kappa shape index (κ2) is 33.2. The van der Waals surface area contributed by atoms with Crippen molar-refractivity contribution in [1.82, 2.24) is 9.55 Å². The number of nitrogens with two attached hydrogens (primary N) is 1. The zero-order valence-corrected chi connectivity index (χ0v) is 41.2. The van der Waals surface area contributed by atoms with Gasteiger partial charge in [0.15, 0.2) is 12.3 Å². The first-order chi connectivity index (χ1) is 32.2. The van der Waals surface area contributed by atoms with E-state index in [2.05, 4.69) is 30.1 Å². The van der Waals surface area contributed by atoms with Crippen LogP contribution < -0.4 is 11.4 Å². The number of esters is 2. The Labute approximate surface area is 398 Å². The fraction of sp³-hybridized carbons (Fsp3) is 0.689. The molecule has 1 saturated heterocycles. The van der Waals surface area contributed by atoms with Gasteiger partial charge in [-0.25, -0.2) is 13.9 Å². The van der Waals surface area contributed by atoms with Crippen molar-refractivity contribution in [3.8, 4) is 0 Å². The number of aliphatic hydroxyl groups is 5. The summed E-state index contributed by atoms with van der Waals surface area (Å²) in [5, 5.41) is 51.4. The minimum Gasteiger partial charge on any atom is -0.462 e. The van der Waals surface area contributed by atoms with Crippen molar-refractivity contribution in [1.29, 1.82) is 0 Å². The third-order valence-electron chi connectivity index (χ3n) is 10.5. The largest absolute Gasteiger partial charge is 0.481 e. The molecule has 388 valence electrons. The van der Waals surface area contributed by atoms with Gasteiger partial charge in [-0.2, -0.15) is 9.29 Å². The summed E-state index contributed by atoms with van der Waals surface area (Å²) in [4.78, 5) is 61.7. The average Bonchev–Trinajstić information content (AvgIpc) is 3.55. The zero-order valence-electron chi connectivity index (χ0n) is 39.4. The highest BCUT2D eigenvalue weighted by molar-refractivity contribution is 7.61. The fourth-order valence-electron chi connectivity index (χ4n) is 6.64. The molecule has 1 aliphatic heterocycles. The Hall–Kier alpha value is -3.40. The van der Waals surface area contributed by atoms with Crippen LogP contribution in [-0.4, -0.2) is 119 Å². The van der Waals surface area contributed by atoms with Crippen LogP contribution in [0, 0.1) is 5.92 Å². The Morgan fingerprint density at radius 1 is 0.794 bits per heavy atom. The van der Waals surface area contributed by atoms with Crippen LogP contribution in [0.1, 0.15) is 130 Å². The number of carbonyl (C=O) groups excluding carboxylic acids is 2. The average molecular weight is 1010 g/mol. The number of phosphoric ester groups is 2. The molecule has 0 amide bonds. The number of nitrogens with zero attached hydrogens (tertiary/aromatic N) is 2. The molecule has 0 saturated carbocycles. The molecule has 2 heterocycles. The molecule has 1 aromatic rings. The highest BCUT2D eigenvalue weighted by Gasteiger charge is 2.46. The van der Waals surface area contributed by atoms with E-state index >= 15 is 0 Å². The number of aliphatic hydroxyl groups excluding tert-OH is 5. The molecule has 0 spiro atoms. The topological polar surface area (TPSA) is 326 Å². The lowest BCUT2D eigenvalue weighted by Crippen LogP contribution is -2.36. The summed E-state index contributed by atoms with van der Waals surface area (Å²) in [6.45, 7) is 3.87. The number of aromatic nitrogens is 2. The first-order valence-electron chi connectivity index (χ1n) is 23.3. The maximum atomic E-state index is 12.8. The first-order valence-corrected chi connectivity index (χ1v) is 26.3. The van der Waals surface area contributed by atoms with E-state index in [0.29, 0.717) is 18.8 Å². The molecule has 21 nitrogen and oxygen atoms in total. The van der Waals surface area contributed by atoms with Crippen LogP contribution in [0.25, 0.3) is 0 Å². The number of nitrogen functional groups attached to an aromatic ring is 1. The second-order valence-corrected chi connectivity index (χ2v) is 20.0. The summed E-state index contributed by atoms with van der Waals surface area (Å²) in [5.74, 6) is -0.995. The third kappa shape index (κ3) is 26.5. The van der Waals surface area contributed by atoms with E-state index in [-0.39, 0.29) is 31.5 Å². The number of phosphoric acid groups is 2. The maximum Gasteiger partial charge on any atom is 0.481 e. The van der Waals surface area contributed by atoms with Gasteiger partial charge in [0.05, 0.1) is 31.5 Å². The highest BCUT2D eigenvalue weighted by atomic mass is 31.3. The molecule has 68 heavy (non-hydrogen) atoms. The molecular formula is C45H75N3O18P2. The molecule has 0 aliphatic carbocycles. The molecule has 1 aliphatic rings. The van der Waals surface area contributed by atoms with E-state index in [1.807, 2.05) is 0 Å². The summed E-state index contributed by atoms with van der Waals surface area (Å²) in [7, 11) is -11.0. The van der Waals surface area contributed by atoms with Gasteiger partial charge in [0.2, 0.25) is 0 Å². The van der Waals surface area contributed by atoms with Gasteiger partial charge in [-0.3, -0.25) is 23.2 Å². The molecule has 1 fully saturated rings. The van der Waals surface area contributed by atoms with E-state index in [4.69, 9.17) is 29.0 Å². The van der Waals surface area contributed by atoms with Gasteiger partial charge < -0.3 is 55.3 Å². The van der Waals surface area contributed by atoms with Crippen molar-refractivity contribution in [2.24, 2.45) is 5.92 Å². The Morgan fingerprint density at radius 3 is 2.06 bits per heavy atom. The number of allylic oxidation sites excluding steroid dienone is 6. The van der Waals surface area contributed by atoms with E-state index in [1.165, 1.54) is 18.6 Å². The number of rotatable bonds is 36. The lowest BCUT2D eigenvalue weighted by molar-refractivity contribution is -0.161. The standard InChI is InChI=1S/C45H75N3O18P2/c1-4-5-15-22-34(49)23-17-12-9-10-13-18-24-36(50)37(51)25-20-27-40(52)61-30-35(64-41(53)26-19-14-8-6-7-11-16-21-33(2)3)31-62-67(57,58)66-68(59,60)63-32-38-42(54)43(55)44(65-38)48-29-28-39(46)47-45(48)56/h9-10,12-13,17-18,23-24,28-29,33-38,42-44,49-51,54-55H,4-8,11,14-16,19-22,25-27,30-32H2,1-3H3,(H,57,58)(H,59,60)(H2,46,47,56)/b12-9-,13-10+,23-17+,24-18+/t34-,35-,36-,37-,38-,42-,43-,44-/m1/s1. The number of carbonyl (C=O) groups is 2. The Bertz CT molecular complexity index is 1890. The van der Waals surface area contributed by atoms with Crippen LogP contribution in [0.5, 0.6) is 0 Å². The first kappa shape index (κ1) is 60.7. The van der Waals surface area contributed by atoms with Crippen molar-refractivity contribution < 1.29 is 81.6 Å². The maximum absolute atomic E-state index is 12.8. The van der Waals surface area contributed by atoms with Crippen LogP contribution in [0.2, 0.25) is 0 Å². The molecule has 0 bridgehead atoms.